The van der Waals surface area contributed by atoms with Crippen LogP contribution in [0.3, 0.4) is 0 Å². The molecule has 0 saturated carbocycles. The lowest BCUT2D eigenvalue weighted by Gasteiger charge is -2.28. The Morgan fingerprint density at radius 2 is 0.986 bits per heavy atom. The van der Waals surface area contributed by atoms with E-state index < -0.39 is 0 Å². The number of benzene rings is 10. The monoisotopic (exact) mass is 883 g/mol. The molecule has 4 heterocycles. The summed E-state index contributed by atoms with van der Waals surface area (Å²) < 4.78 is 16.1. The summed E-state index contributed by atoms with van der Waals surface area (Å²) in [5, 5.41) is 6.77. The summed E-state index contributed by atoms with van der Waals surface area (Å²) in [7, 11) is 0. The predicted molar refractivity (Wildman–Crippen MR) is 285 cm³/mol. The fourth-order valence-electron chi connectivity index (χ4n) is 11.7. The maximum absolute atomic E-state index is 6.87. The van der Waals surface area contributed by atoms with Crippen molar-refractivity contribution in [3.8, 4) is 44.8 Å². The first-order chi connectivity index (χ1) is 34.0. The number of hydrogen-bond acceptors (Lipinski definition) is 4. The van der Waals surface area contributed by atoms with Crippen LogP contribution in [0.25, 0.3) is 116 Å². The summed E-state index contributed by atoms with van der Waals surface area (Å²) in [6.45, 7) is 4.70. The average molecular weight is 884 g/mol. The Balaban J connectivity index is 0.939. The third-order valence-electron chi connectivity index (χ3n) is 15.0. The lowest BCUT2D eigenvalue weighted by atomic mass is 9.82. The Kier molecular flexibility index (Phi) is 7.78. The minimum atomic E-state index is -0.171. The fourth-order valence-corrected chi connectivity index (χ4v) is 11.7. The second-order valence-corrected chi connectivity index (χ2v) is 19.1. The van der Waals surface area contributed by atoms with E-state index in [2.05, 4.69) is 217 Å². The molecule has 69 heavy (non-hydrogen) atoms. The molecule has 324 valence electrons. The van der Waals surface area contributed by atoms with Crippen molar-refractivity contribution in [3.63, 3.8) is 0 Å². The quantitative estimate of drug-likeness (QED) is 0.167. The highest BCUT2D eigenvalue weighted by Gasteiger charge is 2.36. The summed E-state index contributed by atoms with van der Waals surface area (Å²) >= 11 is 0. The van der Waals surface area contributed by atoms with E-state index in [9.17, 15) is 0 Å². The molecule has 1 aliphatic rings. The molecule has 10 aromatic carbocycles. The molecule has 14 aromatic rings. The molecule has 5 nitrogen and oxygen atoms in total. The summed E-state index contributed by atoms with van der Waals surface area (Å²) in [6, 6.07) is 76.3. The Labute approximate surface area is 397 Å². The number of anilines is 3. The molecule has 0 unspecified atom stereocenters. The van der Waals surface area contributed by atoms with Gasteiger partial charge >= 0.3 is 0 Å². The van der Waals surface area contributed by atoms with Crippen LogP contribution in [0.5, 0.6) is 0 Å². The first-order valence-electron chi connectivity index (χ1n) is 23.7. The second-order valence-electron chi connectivity index (χ2n) is 19.1. The van der Waals surface area contributed by atoms with Gasteiger partial charge < -0.3 is 18.1 Å². The fraction of sp³-hybridized carbons (Fsp3) is 0.0469. The Hall–Kier alpha value is -8.93. The van der Waals surface area contributed by atoms with Gasteiger partial charge in [0.1, 0.15) is 16.7 Å². The molecule has 0 radical (unpaired) electrons. The van der Waals surface area contributed by atoms with E-state index in [-0.39, 0.29) is 5.41 Å². The number of aromatic nitrogens is 2. The van der Waals surface area contributed by atoms with Gasteiger partial charge in [-0.15, -0.1) is 0 Å². The van der Waals surface area contributed by atoms with E-state index >= 15 is 0 Å². The first kappa shape index (κ1) is 38.2. The van der Waals surface area contributed by atoms with Gasteiger partial charge in [0, 0.05) is 66.1 Å². The lowest BCUT2D eigenvalue weighted by molar-refractivity contribution is 0.623. The second kappa shape index (κ2) is 14.0. The van der Waals surface area contributed by atoms with Gasteiger partial charge in [0.15, 0.2) is 5.58 Å². The van der Waals surface area contributed by atoms with Gasteiger partial charge in [-0.05, 0) is 100 Å². The molecular formula is C64H41N3O2. The maximum atomic E-state index is 6.87. The number of rotatable bonds is 6. The largest absolute Gasteiger partial charge is 0.455 e. The van der Waals surface area contributed by atoms with Gasteiger partial charge in [0.05, 0.1) is 21.9 Å². The van der Waals surface area contributed by atoms with Crippen molar-refractivity contribution in [1.82, 2.24) is 9.38 Å². The molecular weight excluding hydrogens is 843 g/mol. The van der Waals surface area contributed by atoms with Crippen molar-refractivity contribution in [2.24, 2.45) is 0 Å². The molecule has 0 atom stereocenters. The summed E-state index contributed by atoms with van der Waals surface area (Å²) in [4.78, 5) is 7.54. The van der Waals surface area contributed by atoms with Gasteiger partial charge in [-0.25, -0.2) is 4.98 Å². The third kappa shape index (κ3) is 5.38. The van der Waals surface area contributed by atoms with Crippen LogP contribution >= 0.6 is 0 Å². The highest BCUT2D eigenvalue weighted by Crippen LogP contribution is 2.52. The minimum absolute atomic E-state index is 0.171. The smallest absolute Gasteiger partial charge is 0.227 e. The number of hydrogen-bond donors (Lipinski definition) is 0. The zero-order valence-electron chi connectivity index (χ0n) is 37.9. The van der Waals surface area contributed by atoms with Gasteiger partial charge in [-0.3, -0.25) is 0 Å². The average Bonchev–Trinajstić information content (AvgIpc) is 4.21. The van der Waals surface area contributed by atoms with Crippen molar-refractivity contribution in [1.29, 1.82) is 0 Å². The zero-order chi connectivity index (χ0) is 45.5. The van der Waals surface area contributed by atoms with Crippen molar-refractivity contribution in [2.45, 2.75) is 19.3 Å². The van der Waals surface area contributed by atoms with Crippen molar-refractivity contribution in [2.75, 3.05) is 4.90 Å². The maximum Gasteiger partial charge on any atom is 0.227 e. The van der Waals surface area contributed by atoms with Crippen LogP contribution in [0.2, 0.25) is 0 Å². The van der Waals surface area contributed by atoms with E-state index in [0.29, 0.717) is 5.89 Å². The van der Waals surface area contributed by atoms with Gasteiger partial charge in [0.2, 0.25) is 5.89 Å². The molecule has 15 rings (SSSR count). The number of para-hydroxylation sites is 3. The number of furan rings is 1. The van der Waals surface area contributed by atoms with Crippen molar-refractivity contribution >= 4 is 88.2 Å². The van der Waals surface area contributed by atoms with E-state index in [4.69, 9.17) is 13.8 Å². The molecule has 0 N–H and O–H groups in total. The summed E-state index contributed by atoms with van der Waals surface area (Å²) in [5.74, 6) is 0.619. The van der Waals surface area contributed by atoms with Crippen LogP contribution in [-0.4, -0.2) is 9.38 Å². The highest BCUT2D eigenvalue weighted by atomic mass is 16.3. The van der Waals surface area contributed by atoms with Crippen molar-refractivity contribution < 1.29 is 8.83 Å². The van der Waals surface area contributed by atoms with Crippen LogP contribution in [0, 0.1) is 0 Å². The first-order valence-corrected chi connectivity index (χ1v) is 23.7. The predicted octanol–water partition coefficient (Wildman–Crippen LogP) is 17.7. The molecule has 1 aliphatic carbocycles. The van der Waals surface area contributed by atoms with Gasteiger partial charge in [-0.2, -0.15) is 0 Å². The number of nitrogens with zero attached hydrogens (tertiary/aromatic N) is 3. The molecule has 0 amide bonds. The molecule has 0 fully saturated rings. The highest BCUT2D eigenvalue weighted by molar-refractivity contribution is 6.30. The molecule has 5 heteroatoms. The number of oxazole rings is 1. The van der Waals surface area contributed by atoms with E-state index in [1.54, 1.807) is 0 Å². The Morgan fingerprint density at radius 3 is 1.75 bits per heavy atom. The zero-order valence-corrected chi connectivity index (χ0v) is 37.9. The van der Waals surface area contributed by atoms with Crippen LogP contribution in [0.1, 0.15) is 25.0 Å². The van der Waals surface area contributed by atoms with E-state index in [1.807, 2.05) is 18.2 Å². The molecule has 0 spiro atoms. The lowest BCUT2D eigenvalue weighted by Crippen LogP contribution is -2.16. The molecule has 4 aromatic heterocycles. The minimum Gasteiger partial charge on any atom is -0.455 e. The molecule has 0 aliphatic heterocycles. The van der Waals surface area contributed by atoms with E-state index in [0.717, 1.165) is 99.7 Å². The summed E-state index contributed by atoms with van der Waals surface area (Å²) in [5.41, 5.74) is 20.5. The molecule has 0 bridgehead atoms. The topological polar surface area (TPSA) is 46.8 Å². The Morgan fingerprint density at radius 1 is 0.406 bits per heavy atom. The third-order valence-corrected chi connectivity index (χ3v) is 15.0. The van der Waals surface area contributed by atoms with Crippen LogP contribution in [0.4, 0.5) is 17.1 Å². The van der Waals surface area contributed by atoms with E-state index in [1.165, 1.54) is 38.5 Å². The summed E-state index contributed by atoms with van der Waals surface area (Å²) in [6.07, 6.45) is 0. The van der Waals surface area contributed by atoms with Crippen molar-refractivity contribution in [3.05, 3.63) is 223 Å². The number of fused-ring (bicyclic) bond motifs is 14. The standard InChI is InChI=1S/C64H41N3O2/c1-64(2)53-25-11-9-19-46(53)47-33-31-43(36-54(47)64)66(41-29-27-39(28-30-41)45-22-14-24-50-49-23-13-21-44(60(49)68-61(45)50)38-15-5-3-6-16-38)42-32-34-57-52(35-42)58-59-51(48-20-10-12-26-56(48)67(57)59)37-55-62(58)69-63(65-55)40-17-7-4-8-18-40/h3-37H,1-2H3. The molecule has 0 saturated heterocycles. The normalized spacial score (nSPS) is 13.2. The van der Waals surface area contributed by atoms with Gasteiger partial charge in [-0.1, -0.05) is 159 Å². The van der Waals surface area contributed by atoms with Gasteiger partial charge in [0.25, 0.3) is 0 Å². The van der Waals surface area contributed by atoms with Crippen LogP contribution in [0.15, 0.2) is 221 Å². The van der Waals surface area contributed by atoms with Crippen LogP contribution in [-0.2, 0) is 5.41 Å². The SMILES string of the molecule is CC1(C)c2ccccc2-c2ccc(N(c3ccc(-c4cccc5c4oc4c(-c6ccccc6)cccc45)cc3)c3ccc4c(c3)c3c5oc(-c6ccccc6)nc5cc5c6ccccc6n4c53)cc21. The van der Waals surface area contributed by atoms with Crippen LogP contribution < -0.4 is 4.90 Å². The Bertz CT molecular complexity index is 4390.